The lowest BCUT2D eigenvalue weighted by molar-refractivity contribution is -0.125. The minimum atomic E-state index is -4.24. The monoisotopic (exact) mass is 285 g/mol. The summed E-state index contributed by atoms with van der Waals surface area (Å²) < 4.78 is 48.5. The Labute approximate surface area is 92.6 Å². The number of benzene rings is 1. The maximum Gasteiger partial charge on any atom is 0.401 e. The average molecular weight is 286 g/mol. The fraction of sp³-hybridized carbons (Fsp3) is 0.333. The highest BCUT2D eigenvalue weighted by molar-refractivity contribution is 9.10. The summed E-state index contributed by atoms with van der Waals surface area (Å²) >= 11 is 2.95. The van der Waals surface area contributed by atoms with E-state index >= 15 is 0 Å². The van der Waals surface area contributed by atoms with E-state index in [9.17, 15) is 17.6 Å². The lowest BCUT2D eigenvalue weighted by Crippen LogP contribution is -2.28. The molecule has 1 rings (SSSR count). The van der Waals surface area contributed by atoms with Crippen LogP contribution in [0.1, 0.15) is 5.56 Å². The maximum absolute atomic E-state index is 12.9. The van der Waals surface area contributed by atoms with E-state index in [0.29, 0.717) is 10.0 Å². The van der Waals surface area contributed by atoms with E-state index in [4.69, 9.17) is 0 Å². The second kappa shape index (κ2) is 4.94. The first-order chi connectivity index (χ1) is 6.88. The summed E-state index contributed by atoms with van der Waals surface area (Å²) in [4.78, 5) is 0. The Morgan fingerprint density at radius 1 is 1.27 bits per heavy atom. The van der Waals surface area contributed by atoms with Crippen LogP contribution in [-0.4, -0.2) is 12.7 Å². The standard InChI is InChI=1S/C9H8BrF4N/c10-7-2-1-6(3-8(7)11)4-15-5-9(12,13)14/h1-3,15H,4-5H2. The largest absolute Gasteiger partial charge is 0.401 e. The van der Waals surface area contributed by atoms with Gasteiger partial charge in [-0.3, -0.25) is 0 Å². The van der Waals surface area contributed by atoms with Gasteiger partial charge in [0.2, 0.25) is 0 Å². The van der Waals surface area contributed by atoms with Crippen LogP contribution in [-0.2, 0) is 6.54 Å². The van der Waals surface area contributed by atoms with Gasteiger partial charge in [0, 0.05) is 6.54 Å². The second-order valence-corrected chi connectivity index (χ2v) is 3.82. The summed E-state index contributed by atoms with van der Waals surface area (Å²) in [5, 5.41) is 2.18. The van der Waals surface area contributed by atoms with Gasteiger partial charge in [-0.15, -0.1) is 0 Å². The SMILES string of the molecule is Fc1cc(CNCC(F)(F)F)ccc1Br. The van der Waals surface area contributed by atoms with Crippen molar-refractivity contribution in [3.63, 3.8) is 0 Å². The molecule has 1 N–H and O–H groups in total. The molecule has 84 valence electrons. The molecule has 0 aliphatic rings. The van der Waals surface area contributed by atoms with E-state index in [1.807, 2.05) is 0 Å². The maximum atomic E-state index is 12.9. The molecule has 0 aliphatic heterocycles. The topological polar surface area (TPSA) is 12.0 Å². The van der Waals surface area contributed by atoms with Crippen LogP contribution >= 0.6 is 15.9 Å². The molecule has 0 saturated carbocycles. The molecule has 0 aromatic heterocycles. The molecule has 15 heavy (non-hydrogen) atoms. The van der Waals surface area contributed by atoms with E-state index in [-0.39, 0.29) is 6.54 Å². The highest BCUT2D eigenvalue weighted by atomic mass is 79.9. The van der Waals surface area contributed by atoms with Crippen molar-refractivity contribution >= 4 is 15.9 Å². The van der Waals surface area contributed by atoms with E-state index in [0.717, 1.165) is 0 Å². The average Bonchev–Trinajstić information content (AvgIpc) is 2.09. The van der Waals surface area contributed by atoms with Crippen LogP contribution in [0, 0.1) is 5.82 Å². The van der Waals surface area contributed by atoms with Crippen LogP contribution in [0.4, 0.5) is 17.6 Å². The Balaban J connectivity index is 2.48. The van der Waals surface area contributed by atoms with Crippen molar-refractivity contribution in [3.8, 4) is 0 Å². The van der Waals surface area contributed by atoms with Crippen molar-refractivity contribution in [1.82, 2.24) is 5.32 Å². The first kappa shape index (κ1) is 12.4. The molecular weight excluding hydrogens is 278 g/mol. The Morgan fingerprint density at radius 2 is 1.93 bits per heavy atom. The predicted octanol–water partition coefficient (Wildman–Crippen LogP) is 3.24. The van der Waals surface area contributed by atoms with Crippen molar-refractivity contribution in [2.75, 3.05) is 6.54 Å². The summed E-state index contributed by atoms with van der Waals surface area (Å²) in [5.74, 6) is -0.485. The molecule has 0 bridgehead atoms. The minimum Gasteiger partial charge on any atom is -0.305 e. The lowest BCUT2D eigenvalue weighted by atomic mass is 10.2. The number of hydrogen-bond donors (Lipinski definition) is 1. The molecule has 0 radical (unpaired) electrons. The molecule has 0 saturated heterocycles. The molecule has 0 spiro atoms. The van der Waals surface area contributed by atoms with Gasteiger partial charge in [-0.1, -0.05) is 6.07 Å². The van der Waals surface area contributed by atoms with Crippen LogP contribution in [0.5, 0.6) is 0 Å². The highest BCUT2D eigenvalue weighted by Crippen LogP contribution is 2.17. The van der Waals surface area contributed by atoms with Crippen molar-refractivity contribution in [2.45, 2.75) is 12.7 Å². The van der Waals surface area contributed by atoms with E-state index in [1.165, 1.54) is 12.1 Å². The zero-order valence-corrected chi connectivity index (χ0v) is 9.12. The number of alkyl halides is 3. The van der Waals surface area contributed by atoms with Crippen molar-refractivity contribution in [3.05, 3.63) is 34.1 Å². The second-order valence-electron chi connectivity index (χ2n) is 2.97. The number of nitrogens with one attached hydrogen (secondary N) is 1. The summed E-state index contributed by atoms with van der Waals surface area (Å²) in [5.41, 5.74) is 0.472. The number of rotatable bonds is 3. The van der Waals surface area contributed by atoms with Crippen LogP contribution < -0.4 is 5.32 Å². The molecule has 1 nitrogen and oxygen atoms in total. The Kier molecular flexibility index (Phi) is 4.10. The van der Waals surface area contributed by atoms with Crippen molar-refractivity contribution in [1.29, 1.82) is 0 Å². The summed E-state index contributed by atoms with van der Waals surface area (Å²) in [6, 6.07) is 4.20. The molecule has 0 amide bonds. The molecule has 0 heterocycles. The van der Waals surface area contributed by atoms with Gasteiger partial charge < -0.3 is 5.32 Å². The number of halogens is 5. The van der Waals surface area contributed by atoms with Gasteiger partial charge >= 0.3 is 6.18 Å². The van der Waals surface area contributed by atoms with Gasteiger partial charge in [0.15, 0.2) is 0 Å². The highest BCUT2D eigenvalue weighted by Gasteiger charge is 2.25. The van der Waals surface area contributed by atoms with Gasteiger partial charge in [0.25, 0.3) is 0 Å². The van der Waals surface area contributed by atoms with E-state index < -0.39 is 18.5 Å². The zero-order chi connectivity index (χ0) is 11.5. The first-order valence-corrected chi connectivity index (χ1v) is 4.89. The van der Waals surface area contributed by atoms with Crippen molar-refractivity contribution in [2.24, 2.45) is 0 Å². The molecule has 6 heteroatoms. The lowest BCUT2D eigenvalue weighted by Gasteiger charge is -2.08. The third kappa shape index (κ3) is 4.61. The zero-order valence-electron chi connectivity index (χ0n) is 7.54. The normalized spacial score (nSPS) is 11.8. The van der Waals surface area contributed by atoms with Gasteiger partial charge in [0.05, 0.1) is 11.0 Å². The smallest absolute Gasteiger partial charge is 0.305 e. The first-order valence-electron chi connectivity index (χ1n) is 4.10. The van der Waals surface area contributed by atoms with Gasteiger partial charge in [-0.2, -0.15) is 13.2 Å². The molecule has 1 aromatic carbocycles. The third-order valence-electron chi connectivity index (χ3n) is 1.64. The molecule has 0 fully saturated rings. The summed E-state index contributed by atoms with van der Waals surface area (Å²) in [6.07, 6.45) is -4.24. The van der Waals surface area contributed by atoms with E-state index in [1.54, 1.807) is 6.07 Å². The minimum absolute atomic E-state index is 0.0102. The Morgan fingerprint density at radius 3 is 2.47 bits per heavy atom. The summed E-state index contributed by atoms with van der Waals surface area (Å²) in [6.45, 7) is -1.09. The predicted molar refractivity (Wildman–Crippen MR) is 51.9 cm³/mol. The van der Waals surface area contributed by atoms with Crippen LogP contribution in [0.2, 0.25) is 0 Å². The van der Waals surface area contributed by atoms with Gasteiger partial charge in [0.1, 0.15) is 5.82 Å². The van der Waals surface area contributed by atoms with E-state index in [2.05, 4.69) is 21.2 Å². The fourth-order valence-electron chi connectivity index (χ4n) is 0.998. The molecule has 0 unspecified atom stereocenters. The Hall–Kier alpha value is -0.620. The fourth-order valence-corrected chi connectivity index (χ4v) is 1.24. The van der Waals surface area contributed by atoms with Gasteiger partial charge in [-0.25, -0.2) is 4.39 Å². The number of hydrogen-bond acceptors (Lipinski definition) is 1. The molecule has 0 aliphatic carbocycles. The molecule has 0 atom stereocenters. The van der Waals surface area contributed by atoms with Crippen molar-refractivity contribution < 1.29 is 17.6 Å². The van der Waals surface area contributed by atoms with Crippen LogP contribution in [0.15, 0.2) is 22.7 Å². The third-order valence-corrected chi connectivity index (χ3v) is 2.28. The molecular formula is C9H8BrF4N. The quantitative estimate of drug-likeness (QED) is 0.841. The van der Waals surface area contributed by atoms with Crippen LogP contribution in [0.3, 0.4) is 0 Å². The van der Waals surface area contributed by atoms with Gasteiger partial charge in [-0.05, 0) is 33.6 Å². The molecule has 1 aromatic rings. The Bertz CT molecular complexity index is 337. The summed E-state index contributed by atoms with van der Waals surface area (Å²) in [7, 11) is 0. The van der Waals surface area contributed by atoms with Crippen LogP contribution in [0.25, 0.3) is 0 Å².